The lowest BCUT2D eigenvalue weighted by atomic mass is 10.1. The van der Waals surface area contributed by atoms with Crippen LogP contribution in [0.2, 0.25) is 0 Å². The van der Waals surface area contributed by atoms with E-state index in [4.69, 9.17) is 0 Å². The van der Waals surface area contributed by atoms with Gasteiger partial charge >= 0.3 is 0 Å². The third-order valence-electron chi connectivity index (χ3n) is 3.41. The Hall–Kier alpha value is -1.72. The highest BCUT2D eigenvalue weighted by Crippen LogP contribution is 2.13. The lowest BCUT2D eigenvalue weighted by molar-refractivity contribution is 0.104. The third-order valence-corrected chi connectivity index (χ3v) is 3.41. The molecular formula is C15H22N4O. The highest BCUT2D eigenvalue weighted by molar-refractivity contribution is 5.08. The number of aromatic amines is 1. The average molecular weight is 274 g/mol. The minimum atomic E-state index is 0.119. The summed E-state index contributed by atoms with van der Waals surface area (Å²) < 4.78 is 0. The molecule has 2 aromatic rings. The fourth-order valence-corrected chi connectivity index (χ4v) is 2.28. The number of pyridine rings is 1. The van der Waals surface area contributed by atoms with Gasteiger partial charge in [-0.25, -0.2) is 0 Å². The summed E-state index contributed by atoms with van der Waals surface area (Å²) >= 11 is 0. The van der Waals surface area contributed by atoms with Crippen molar-refractivity contribution >= 4 is 0 Å². The molecule has 0 radical (unpaired) electrons. The van der Waals surface area contributed by atoms with Crippen LogP contribution in [0.15, 0.2) is 30.5 Å². The number of rotatable bonds is 7. The fraction of sp³-hybridized carbons (Fsp3) is 0.467. The van der Waals surface area contributed by atoms with Gasteiger partial charge in [-0.1, -0.05) is 13.0 Å². The maximum absolute atomic E-state index is 9.57. The predicted molar refractivity (Wildman–Crippen MR) is 78.0 cm³/mol. The number of aryl methyl sites for hydroxylation is 1. The zero-order chi connectivity index (χ0) is 14.4. The average Bonchev–Trinajstić information content (AvgIpc) is 2.86. The van der Waals surface area contributed by atoms with E-state index in [1.807, 2.05) is 31.2 Å². The molecule has 0 saturated heterocycles. The molecule has 5 nitrogen and oxygen atoms in total. The highest BCUT2D eigenvalue weighted by Gasteiger charge is 2.18. The van der Waals surface area contributed by atoms with Crippen LogP contribution in [-0.4, -0.2) is 37.8 Å². The Labute approximate surface area is 119 Å². The van der Waals surface area contributed by atoms with Crippen LogP contribution in [-0.2, 0) is 13.1 Å². The van der Waals surface area contributed by atoms with E-state index >= 15 is 0 Å². The summed E-state index contributed by atoms with van der Waals surface area (Å²) in [5.74, 6) is 0. The van der Waals surface area contributed by atoms with Gasteiger partial charge in [-0.2, -0.15) is 5.10 Å². The lowest BCUT2D eigenvalue weighted by Crippen LogP contribution is -2.36. The van der Waals surface area contributed by atoms with Crippen LogP contribution < -0.4 is 0 Å². The van der Waals surface area contributed by atoms with Crippen molar-refractivity contribution in [2.45, 2.75) is 39.4 Å². The Balaban J connectivity index is 2.11. The van der Waals surface area contributed by atoms with Crippen molar-refractivity contribution in [2.24, 2.45) is 0 Å². The number of H-pyrrole nitrogens is 1. The van der Waals surface area contributed by atoms with E-state index in [-0.39, 0.29) is 12.6 Å². The summed E-state index contributed by atoms with van der Waals surface area (Å²) in [7, 11) is 0. The van der Waals surface area contributed by atoms with Crippen LogP contribution in [0.5, 0.6) is 0 Å². The van der Waals surface area contributed by atoms with Crippen LogP contribution in [0.1, 0.15) is 30.4 Å². The summed E-state index contributed by atoms with van der Waals surface area (Å²) in [6.07, 6.45) is 2.69. The monoisotopic (exact) mass is 274 g/mol. The lowest BCUT2D eigenvalue weighted by Gasteiger charge is -2.28. The first-order chi connectivity index (χ1) is 9.72. The van der Waals surface area contributed by atoms with Crippen LogP contribution >= 0.6 is 0 Å². The maximum Gasteiger partial charge on any atom is 0.0765 e. The van der Waals surface area contributed by atoms with Gasteiger partial charge in [0.15, 0.2) is 0 Å². The molecule has 0 aliphatic carbocycles. The Morgan fingerprint density at radius 1 is 1.30 bits per heavy atom. The van der Waals surface area contributed by atoms with Gasteiger partial charge in [0.25, 0.3) is 0 Å². The highest BCUT2D eigenvalue weighted by atomic mass is 16.3. The van der Waals surface area contributed by atoms with E-state index in [9.17, 15) is 5.11 Å². The normalized spacial score (nSPS) is 12.8. The standard InChI is InChI=1S/C15H22N4O/c1-3-15(11-20)19(9-13-6-4-5-7-16-13)10-14-8-12(2)17-18-14/h4-8,15,20H,3,9-11H2,1-2H3,(H,17,18)/t15-/m1/s1. The molecule has 0 fully saturated rings. The molecule has 2 aromatic heterocycles. The zero-order valence-electron chi connectivity index (χ0n) is 12.1. The van der Waals surface area contributed by atoms with E-state index < -0.39 is 0 Å². The minimum Gasteiger partial charge on any atom is -0.395 e. The molecule has 0 saturated carbocycles. The van der Waals surface area contributed by atoms with Gasteiger partial charge in [0.1, 0.15) is 0 Å². The van der Waals surface area contributed by atoms with Gasteiger partial charge in [-0.05, 0) is 31.5 Å². The van der Waals surface area contributed by atoms with Gasteiger partial charge in [-0.3, -0.25) is 15.0 Å². The molecule has 1 atom stereocenters. The smallest absolute Gasteiger partial charge is 0.0765 e. The molecule has 0 aromatic carbocycles. The number of nitrogens with one attached hydrogen (secondary N) is 1. The molecule has 2 rings (SSSR count). The number of aromatic nitrogens is 3. The number of aliphatic hydroxyl groups excluding tert-OH is 1. The Bertz CT molecular complexity index is 508. The second kappa shape index (κ2) is 7.17. The number of hydrogen-bond donors (Lipinski definition) is 2. The molecular weight excluding hydrogens is 252 g/mol. The number of aliphatic hydroxyl groups is 1. The summed E-state index contributed by atoms with van der Waals surface area (Å²) in [5, 5.41) is 16.8. The van der Waals surface area contributed by atoms with Crippen LogP contribution in [0, 0.1) is 6.92 Å². The Morgan fingerprint density at radius 3 is 2.65 bits per heavy atom. The Morgan fingerprint density at radius 2 is 2.10 bits per heavy atom. The quantitative estimate of drug-likeness (QED) is 0.809. The second-order valence-electron chi connectivity index (χ2n) is 5.01. The SMILES string of the molecule is CC[C@H](CO)N(Cc1ccccn1)Cc1cc(C)[nH]n1. The van der Waals surface area contributed by atoms with Crippen molar-refractivity contribution in [1.82, 2.24) is 20.1 Å². The van der Waals surface area contributed by atoms with Crippen LogP contribution in [0.4, 0.5) is 0 Å². The number of nitrogens with zero attached hydrogens (tertiary/aromatic N) is 3. The molecule has 108 valence electrons. The molecule has 0 amide bonds. The van der Waals surface area contributed by atoms with E-state index in [2.05, 4.69) is 27.0 Å². The van der Waals surface area contributed by atoms with Gasteiger partial charge < -0.3 is 5.11 Å². The van der Waals surface area contributed by atoms with Gasteiger partial charge in [-0.15, -0.1) is 0 Å². The second-order valence-corrected chi connectivity index (χ2v) is 5.01. The minimum absolute atomic E-state index is 0.119. The Kier molecular flexibility index (Phi) is 5.26. The molecule has 0 aliphatic rings. The van der Waals surface area contributed by atoms with E-state index in [0.717, 1.165) is 23.5 Å². The largest absolute Gasteiger partial charge is 0.395 e. The molecule has 20 heavy (non-hydrogen) atoms. The molecule has 2 N–H and O–H groups in total. The van der Waals surface area contributed by atoms with Crippen molar-refractivity contribution in [1.29, 1.82) is 0 Å². The molecule has 5 heteroatoms. The van der Waals surface area contributed by atoms with Gasteiger partial charge in [0, 0.05) is 31.0 Å². The van der Waals surface area contributed by atoms with Crippen molar-refractivity contribution in [3.8, 4) is 0 Å². The summed E-state index contributed by atoms with van der Waals surface area (Å²) in [6.45, 7) is 5.64. The molecule has 0 aliphatic heterocycles. The predicted octanol–water partition coefficient (Wildman–Crippen LogP) is 1.89. The first-order valence-electron chi connectivity index (χ1n) is 6.98. The molecule has 2 heterocycles. The third kappa shape index (κ3) is 3.88. The van der Waals surface area contributed by atoms with E-state index in [0.29, 0.717) is 13.1 Å². The van der Waals surface area contributed by atoms with Gasteiger partial charge in [0.2, 0.25) is 0 Å². The molecule has 0 spiro atoms. The first kappa shape index (κ1) is 14.7. The van der Waals surface area contributed by atoms with Gasteiger partial charge in [0.05, 0.1) is 18.0 Å². The summed E-state index contributed by atoms with van der Waals surface area (Å²) in [4.78, 5) is 6.59. The fourth-order valence-electron chi connectivity index (χ4n) is 2.28. The van der Waals surface area contributed by atoms with Crippen molar-refractivity contribution < 1.29 is 5.11 Å². The molecule has 0 bridgehead atoms. The van der Waals surface area contributed by atoms with E-state index in [1.54, 1.807) is 6.20 Å². The maximum atomic E-state index is 9.57. The van der Waals surface area contributed by atoms with E-state index in [1.165, 1.54) is 0 Å². The number of hydrogen-bond acceptors (Lipinski definition) is 4. The first-order valence-corrected chi connectivity index (χ1v) is 6.98. The van der Waals surface area contributed by atoms with Crippen LogP contribution in [0.3, 0.4) is 0 Å². The van der Waals surface area contributed by atoms with Crippen molar-refractivity contribution in [2.75, 3.05) is 6.61 Å². The summed E-state index contributed by atoms with van der Waals surface area (Å²) in [5.41, 5.74) is 3.05. The summed E-state index contributed by atoms with van der Waals surface area (Å²) in [6, 6.07) is 8.06. The van der Waals surface area contributed by atoms with Crippen LogP contribution in [0.25, 0.3) is 0 Å². The van der Waals surface area contributed by atoms with Crippen molar-refractivity contribution in [3.05, 3.63) is 47.5 Å². The zero-order valence-corrected chi connectivity index (χ0v) is 12.1. The topological polar surface area (TPSA) is 65.0 Å². The van der Waals surface area contributed by atoms with Crippen molar-refractivity contribution in [3.63, 3.8) is 0 Å². The molecule has 0 unspecified atom stereocenters.